The lowest BCUT2D eigenvalue weighted by molar-refractivity contribution is -0.140. The average molecular weight is 513 g/mol. The number of hydrogen-bond donors (Lipinski definition) is 2. The molecule has 0 radical (unpaired) electrons. The van der Waals surface area contributed by atoms with Crippen LogP contribution in [0.3, 0.4) is 0 Å². The molecule has 0 aromatic carbocycles. The molecule has 3 aromatic rings. The molecule has 3 heterocycles. The molecule has 36 heavy (non-hydrogen) atoms. The number of nitrogens with one attached hydrogen (secondary N) is 2. The molecule has 2 N–H and O–H groups in total. The number of unbranched alkanes of at least 4 members (excludes halogenated alkanes) is 1. The quantitative estimate of drug-likeness (QED) is 0.366. The molecule has 2 atom stereocenters. The molecule has 0 aliphatic rings. The topological polar surface area (TPSA) is 128 Å². The Bertz CT molecular complexity index is 1140. The van der Waals surface area contributed by atoms with Crippen molar-refractivity contribution < 1.29 is 19.1 Å². The average Bonchev–Trinajstić information content (AvgIpc) is 3.53. The molecule has 0 unspecified atom stereocenters. The molecule has 10 nitrogen and oxygen atoms in total. The summed E-state index contributed by atoms with van der Waals surface area (Å²) in [5, 5.41) is 11.9. The molecule has 0 bridgehead atoms. The second kappa shape index (κ2) is 12.4. The number of aromatic nitrogens is 4. The highest BCUT2D eigenvalue weighted by Crippen LogP contribution is 2.22. The van der Waals surface area contributed by atoms with Gasteiger partial charge in [0.2, 0.25) is 0 Å². The van der Waals surface area contributed by atoms with Gasteiger partial charge in [0.25, 0.3) is 11.7 Å². The SMILES string of the molecule is CCCC[C@H](OC(=O)N[C@H](Cn1ccc(-c2cccnc2)n1)C(C)(C)C)C(=O)C(=O)Nc1nccs1. The molecular formula is C25H32N6O4S. The largest absolute Gasteiger partial charge is 0.438 e. The zero-order valence-electron chi connectivity index (χ0n) is 20.9. The summed E-state index contributed by atoms with van der Waals surface area (Å²) in [5.74, 6) is -1.67. The molecule has 11 heteroatoms. The summed E-state index contributed by atoms with van der Waals surface area (Å²) in [6, 6.07) is 5.29. The van der Waals surface area contributed by atoms with Gasteiger partial charge in [0, 0.05) is 35.7 Å². The summed E-state index contributed by atoms with van der Waals surface area (Å²) < 4.78 is 7.23. The van der Waals surface area contributed by atoms with E-state index in [1.54, 1.807) is 22.5 Å². The Balaban J connectivity index is 1.66. The van der Waals surface area contributed by atoms with Gasteiger partial charge < -0.3 is 10.1 Å². The second-order valence-electron chi connectivity index (χ2n) is 9.42. The molecule has 2 amide bonds. The van der Waals surface area contributed by atoms with Crippen molar-refractivity contribution in [3.05, 3.63) is 48.4 Å². The van der Waals surface area contributed by atoms with Gasteiger partial charge in [-0.1, -0.05) is 34.1 Å². The first-order valence-corrected chi connectivity index (χ1v) is 12.7. The fourth-order valence-electron chi connectivity index (χ4n) is 3.38. The predicted octanol–water partition coefficient (Wildman–Crippen LogP) is 4.31. The minimum atomic E-state index is -1.19. The third kappa shape index (κ3) is 7.70. The fraction of sp³-hybridized carbons (Fsp3) is 0.440. The molecule has 0 saturated carbocycles. The number of nitrogens with zero attached hydrogens (tertiary/aromatic N) is 4. The van der Waals surface area contributed by atoms with Gasteiger partial charge in [-0.2, -0.15) is 5.10 Å². The molecular weight excluding hydrogens is 480 g/mol. The van der Waals surface area contributed by atoms with Crippen LogP contribution >= 0.6 is 11.3 Å². The number of alkyl carbamates (subject to hydrolysis) is 1. The first-order valence-electron chi connectivity index (χ1n) is 11.8. The molecule has 0 aliphatic carbocycles. The van der Waals surface area contributed by atoms with E-state index in [4.69, 9.17) is 4.74 Å². The highest BCUT2D eigenvalue weighted by Gasteiger charge is 2.32. The number of ether oxygens (including phenoxy) is 1. The molecule has 0 aliphatic heterocycles. The third-order valence-corrected chi connectivity index (χ3v) is 6.23. The Morgan fingerprint density at radius 3 is 2.64 bits per heavy atom. The number of carbonyl (C=O) groups excluding carboxylic acids is 3. The third-order valence-electron chi connectivity index (χ3n) is 5.54. The minimum absolute atomic E-state index is 0.252. The van der Waals surface area contributed by atoms with Gasteiger partial charge in [-0.25, -0.2) is 9.78 Å². The van der Waals surface area contributed by atoms with Crippen molar-refractivity contribution in [1.82, 2.24) is 25.1 Å². The summed E-state index contributed by atoms with van der Waals surface area (Å²) in [5.41, 5.74) is 1.32. The normalized spacial score (nSPS) is 13.0. The van der Waals surface area contributed by atoms with E-state index in [-0.39, 0.29) is 17.9 Å². The number of amides is 2. The van der Waals surface area contributed by atoms with Crippen molar-refractivity contribution in [3.63, 3.8) is 0 Å². The zero-order valence-corrected chi connectivity index (χ0v) is 21.7. The van der Waals surface area contributed by atoms with Crippen LogP contribution in [0.15, 0.2) is 48.4 Å². The highest BCUT2D eigenvalue weighted by molar-refractivity contribution is 7.13. The smallest absolute Gasteiger partial charge is 0.408 e. The van der Waals surface area contributed by atoms with Crippen molar-refractivity contribution in [3.8, 4) is 11.3 Å². The molecule has 192 valence electrons. The van der Waals surface area contributed by atoms with E-state index in [0.717, 1.165) is 17.7 Å². The van der Waals surface area contributed by atoms with Crippen molar-refractivity contribution in [1.29, 1.82) is 0 Å². The van der Waals surface area contributed by atoms with Crippen LogP contribution in [-0.4, -0.2) is 49.7 Å². The highest BCUT2D eigenvalue weighted by atomic mass is 32.1. The van der Waals surface area contributed by atoms with Crippen LogP contribution in [0, 0.1) is 5.41 Å². The van der Waals surface area contributed by atoms with Crippen molar-refractivity contribution in [2.24, 2.45) is 5.41 Å². The van der Waals surface area contributed by atoms with E-state index >= 15 is 0 Å². The number of Topliss-reactive ketones (excluding diaryl/α,β-unsaturated/α-hetero) is 1. The number of rotatable bonds is 11. The first-order chi connectivity index (χ1) is 17.2. The van der Waals surface area contributed by atoms with Gasteiger partial charge in [-0.3, -0.25) is 24.6 Å². The van der Waals surface area contributed by atoms with E-state index < -0.39 is 23.9 Å². The lowest BCUT2D eigenvalue weighted by Crippen LogP contribution is -2.48. The molecule has 3 rings (SSSR count). The number of thiazole rings is 1. The van der Waals surface area contributed by atoms with Crippen LogP contribution in [0.1, 0.15) is 47.0 Å². The number of carbonyl (C=O) groups is 3. The van der Waals surface area contributed by atoms with Crippen LogP contribution in [-0.2, 0) is 20.9 Å². The van der Waals surface area contributed by atoms with Crippen molar-refractivity contribution in [2.45, 2.75) is 65.6 Å². The summed E-state index contributed by atoms with van der Waals surface area (Å²) in [4.78, 5) is 46.1. The van der Waals surface area contributed by atoms with E-state index in [2.05, 4.69) is 25.7 Å². The van der Waals surface area contributed by atoms with E-state index in [9.17, 15) is 14.4 Å². The van der Waals surface area contributed by atoms with E-state index in [1.165, 1.54) is 17.5 Å². The Kier molecular flexibility index (Phi) is 9.29. The van der Waals surface area contributed by atoms with Crippen LogP contribution < -0.4 is 10.6 Å². The van der Waals surface area contributed by atoms with Crippen LogP contribution in [0.4, 0.5) is 9.93 Å². The maximum atomic E-state index is 12.9. The van der Waals surface area contributed by atoms with Gasteiger partial charge in [-0.05, 0) is 36.5 Å². The fourth-order valence-corrected chi connectivity index (χ4v) is 3.91. The Morgan fingerprint density at radius 2 is 2.00 bits per heavy atom. The monoisotopic (exact) mass is 512 g/mol. The number of ketones is 1. The Morgan fingerprint density at radius 1 is 1.19 bits per heavy atom. The van der Waals surface area contributed by atoms with Gasteiger partial charge >= 0.3 is 6.09 Å². The maximum Gasteiger partial charge on any atom is 0.408 e. The zero-order chi connectivity index (χ0) is 26.1. The predicted molar refractivity (Wildman–Crippen MR) is 137 cm³/mol. The lowest BCUT2D eigenvalue weighted by Gasteiger charge is -2.31. The number of pyridine rings is 1. The number of anilines is 1. The van der Waals surface area contributed by atoms with E-state index in [1.807, 2.05) is 52.1 Å². The summed E-state index contributed by atoms with van der Waals surface area (Å²) >= 11 is 1.20. The minimum Gasteiger partial charge on any atom is -0.438 e. The first kappa shape index (κ1) is 27.0. The summed E-state index contributed by atoms with van der Waals surface area (Å²) in [6.45, 7) is 8.31. The van der Waals surface area contributed by atoms with Crippen LogP contribution in [0.25, 0.3) is 11.3 Å². The Labute approximate surface area is 214 Å². The van der Waals surface area contributed by atoms with Gasteiger partial charge in [0.05, 0.1) is 18.3 Å². The van der Waals surface area contributed by atoms with Crippen LogP contribution in [0.5, 0.6) is 0 Å². The standard InChI is InChI=1S/C25H32N6O4S/c1-5-6-9-19(21(32)22(33)29-23-27-12-14-36-23)35-24(34)28-20(25(2,3)4)16-31-13-10-18(30-31)17-8-7-11-26-15-17/h7-8,10-15,19-20H,5-6,9,16H2,1-4H3,(H,28,34)(H,27,29,33)/t19-,20+/m0/s1. The van der Waals surface area contributed by atoms with Crippen molar-refractivity contribution in [2.75, 3.05) is 5.32 Å². The van der Waals surface area contributed by atoms with Gasteiger partial charge in [0.1, 0.15) is 0 Å². The van der Waals surface area contributed by atoms with Gasteiger partial charge in [0.15, 0.2) is 11.2 Å². The van der Waals surface area contributed by atoms with Crippen molar-refractivity contribution >= 4 is 34.3 Å². The van der Waals surface area contributed by atoms with Gasteiger partial charge in [-0.15, -0.1) is 11.3 Å². The second-order valence-corrected chi connectivity index (χ2v) is 10.3. The van der Waals surface area contributed by atoms with Crippen LogP contribution in [0.2, 0.25) is 0 Å². The summed E-state index contributed by atoms with van der Waals surface area (Å²) in [6.07, 6.45) is 6.52. The number of hydrogen-bond acceptors (Lipinski definition) is 8. The van der Waals surface area contributed by atoms with E-state index in [0.29, 0.717) is 18.1 Å². The molecule has 3 aromatic heterocycles. The lowest BCUT2D eigenvalue weighted by atomic mass is 9.87. The molecule has 0 spiro atoms. The maximum absolute atomic E-state index is 12.9. The molecule has 0 fully saturated rings. The molecule has 0 saturated heterocycles. The Hall–Kier alpha value is -3.60. The summed E-state index contributed by atoms with van der Waals surface area (Å²) in [7, 11) is 0.